The number of fused-ring (bicyclic) bond motifs is 1. The van der Waals surface area contributed by atoms with Gasteiger partial charge in [-0.25, -0.2) is 0 Å². The number of nitrogens with zero attached hydrogens (tertiary/aromatic N) is 1. The van der Waals surface area contributed by atoms with E-state index in [0.29, 0.717) is 12.1 Å². The Morgan fingerprint density at radius 3 is 2.33 bits per heavy atom. The van der Waals surface area contributed by atoms with Crippen LogP contribution in [0.1, 0.15) is 61.3 Å². The van der Waals surface area contributed by atoms with Gasteiger partial charge in [0.2, 0.25) is 5.91 Å². The van der Waals surface area contributed by atoms with E-state index in [0.717, 1.165) is 42.8 Å². The van der Waals surface area contributed by atoms with Gasteiger partial charge in [-0.3, -0.25) is 9.59 Å². The van der Waals surface area contributed by atoms with Crippen molar-refractivity contribution < 1.29 is 9.59 Å². The van der Waals surface area contributed by atoms with Crippen molar-refractivity contribution in [2.24, 2.45) is 16.7 Å². The topological polar surface area (TPSA) is 61.4 Å². The van der Waals surface area contributed by atoms with Crippen LogP contribution in [0, 0.1) is 16.7 Å². The van der Waals surface area contributed by atoms with Crippen molar-refractivity contribution in [2.75, 3.05) is 32.5 Å². The number of thiophene rings is 1. The Morgan fingerprint density at radius 1 is 1.11 bits per heavy atom. The van der Waals surface area contributed by atoms with Crippen LogP contribution >= 0.6 is 11.3 Å². The van der Waals surface area contributed by atoms with Crippen molar-refractivity contribution in [3.05, 3.63) is 16.0 Å². The fraction of sp³-hybridized carbons (Fsp3) is 0.714. The predicted molar refractivity (Wildman–Crippen MR) is 112 cm³/mol. The maximum absolute atomic E-state index is 13.0. The Morgan fingerprint density at radius 2 is 1.74 bits per heavy atom. The van der Waals surface area contributed by atoms with Gasteiger partial charge in [-0.15, -0.1) is 11.3 Å². The van der Waals surface area contributed by atoms with Crippen LogP contribution in [0.15, 0.2) is 0 Å². The Bertz CT molecular complexity index is 735. The van der Waals surface area contributed by atoms with Gasteiger partial charge in [0, 0.05) is 23.9 Å². The van der Waals surface area contributed by atoms with Gasteiger partial charge >= 0.3 is 0 Å². The smallest absolute Gasteiger partial charge is 0.254 e. The SMILES string of the molecule is CN(C)CCNC(=O)c1c(NC(=O)C2C(C)(C)C2(C)C)sc2c1CCCC2. The number of nitrogens with one attached hydrogen (secondary N) is 2. The van der Waals surface area contributed by atoms with E-state index in [1.807, 2.05) is 19.0 Å². The number of hydrogen-bond acceptors (Lipinski definition) is 4. The van der Waals surface area contributed by atoms with Gasteiger partial charge < -0.3 is 15.5 Å². The van der Waals surface area contributed by atoms with Gasteiger partial charge in [0.05, 0.1) is 5.56 Å². The molecule has 6 heteroatoms. The molecule has 0 radical (unpaired) electrons. The first-order chi connectivity index (χ1) is 12.6. The molecule has 0 saturated heterocycles. The van der Waals surface area contributed by atoms with Gasteiger partial charge in [0.1, 0.15) is 5.00 Å². The number of anilines is 1. The van der Waals surface area contributed by atoms with E-state index in [4.69, 9.17) is 0 Å². The predicted octanol–water partition coefficient (Wildman–Crippen LogP) is 3.54. The number of amides is 2. The number of aryl methyl sites for hydroxylation is 1. The highest BCUT2D eigenvalue weighted by atomic mass is 32.1. The zero-order valence-corrected chi connectivity index (χ0v) is 18.3. The average molecular weight is 392 g/mol. The molecule has 2 aliphatic carbocycles. The Kier molecular flexibility index (Phi) is 5.43. The summed E-state index contributed by atoms with van der Waals surface area (Å²) >= 11 is 1.60. The molecule has 1 aromatic heterocycles. The molecule has 2 amide bonds. The summed E-state index contributed by atoms with van der Waals surface area (Å²) in [6, 6.07) is 0. The van der Waals surface area contributed by atoms with Gasteiger partial charge in [-0.1, -0.05) is 27.7 Å². The second-order valence-corrected chi connectivity index (χ2v) is 10.4. The van der Waals surface area contributed by atoms with Crippen molar-refractivity contribution in [3.63, 3.8) is 0 Å². The van der Waals surface area contributed by atoms with Crippen molar-refractivity contribution in [1.29, 1.82) is 0 Å². The van der Waals surface area contributed by atoms with Crippen molar-refractivity contribution in [3.8, 4) is 0 Å². The molecule has 0 aliphatic heterocycles. The first-order valence-corrected chi connectivity index (χ1v) is 10.8. The van der Waals surface area contributed by atoms with E-state index < -0.39 is 0 Å². The normalized spacial score (nSPS) is 20.3. The van der Waals surface area contributed by atoms with Crippen LogP contribution in [0.5, 0.6) is 0 Å². The van der Waals surface area contributed by atoms with E-state index >= 15 is 0 Å². The molecule has 1 saturated carbocycles. The van der Waals surface area contributed by atoms with Gasteiger partial charge in [-0.2, -0.15) is 0 Å². The highest BCUT2D eigenvalue weighted by Crippen LogP contribution is 2.68. The molecule has 2 aliphatic rings. The fourth-order valence-corrected chi connectivity index (χ4v) is 5.70. The average Bonchev–Trinajstić information content (AvgIpc) is 2.84. The quantitative estimate of drug-likeness (QED) is 0.780. The number of hydrogen-bond donors (Lipinski definition) is 2. The molecule has 150 valence electrons. The second kappa shape index (κ2) is 7.21. The van der Waals surface area contributed by atoms with Gasteiger partial charge in [0.25, 0.3) is 5.91 Å². The third-order valence-corrected chi connectivity index (χ3v) is 7.97. The molecule has 2 N–H and O–H groups in total. The number of likely N-dealkylation sites (N-methyl/N-ethyl adjacent to an activating group) is 1. The molecule has 0 aromatic carbocycles. The number of carbonyl (C=O) groups is 2. The zero-order chi connectivity index (χ0) is 20.0. The first-order valence-electron chi connectivity index (χ1n) is 9.95. The van der Waals surface area contributed by atoms with Gasteiger partial charge in [0.15, 0.2) is 0 Å². The fourth-order valence-electron chi connectivity index (χ4n) is 4.41. The maximum atomic E-state index is 13.0. The summed E-state index contributed by atoms with van der Waals surface area (Å²) in [6.45, 7) is 9.98. The molecule has 0 spiro atoms. The standard InChI is InChI=1S/C21H33N3O2S/c1-20(2)16(21(20,3)4)18(26)23-19-15(17(25)22-11-12-24(5)6)13-9-7-8-10-14(13)27-19/h16H,7-12H2,1-6H3,(H,22,25)(H,23,26). The Labute approximate surface area is 166 Å². The Hall–Kier alpha value is -1.40. The molecule has 1 heterocycles. The van der Waals surface area contributed by atoms with Crippen molar-refractivity contribution in [2.45, 2.75) is 53.4 Å². The highest BCUT2D eigenvalue weighted by molar-refractivity contribution is 7.17. The molecule has 1 aromatic rings. The summed E-state index contributed by atoms with van der Waals surface area (Å²) in [7, 11) is 3.98. The summed E-state index contributed by atoms with van der Waals surface area (Å²) in [5.74, 6) is -0.0272. The van der Waals surface area contributed by atoms with E-state index in [1.54, 1.807) is 11.3 Å². The summed E-state index contributed by atoms with van der Waals surface area (Å²) in [6.07, 6.45) is 4.20. The summed E-state index contributed by atoms with van der Waals surface area (Å²) in [5.41, 5.74) is 1.83. The minimum atomic E-state index is -0.0548. The molecule has 3 rings (SSSR count). The molecule has 0 unspecified atom stereocenters. The molecule has 0 atom stereocenters. The van der Waals surface area contributed by atoms with Crippen LogP contribution in [0.3, 0.4) is 0 Å². The third kappa shape index (κ3) is 3.66. The summed E-state index contributed by atoms with van der Waals surface area (Å²) < 4.78 is 0. The zero-order valence-electron chi connectivity index (χ0n) is 17.5. The van der Waals surface area contributed by atoms with Crippen LogP contribution in [-0.2, 0) is 17.6 Å². The van der Waals surface area contributed by atoms with E-state index in [2.05, 4.69) is 38.3 Å². The van der Waals surface area contributed by atoms with Crippen molar-refractivity contribution in [1.82, 2.24) is 10.2 Å². The first kappa shape index (κ1) is 20.3. The van der Waals surface area contributed by atoms with E-state index in [9.17, 15) is 9.59 Å². The van der Waals surface area contributed by atoms with Gasteiger partial charge in [-0.05, 0) is 56.2 Å². The van der Waals surface area contributed by atoms with Crippen LogP contribution in [0.2, 0.25) is 0 Å². The lowest BCUT2D eigenvalue weighted by Crippen LogP contribution is -2.32. The number of rotatable bonds is 6. The molecular formula is C21H33N3O2S. The summed E-state index contributed by atoms with van der Waals surface area (Å²) in [4.78, 5) is 29.2. The molecule has 5 nitrogen and oxygen atoms in total. The molecule has 0 bridgehead atoms. The lowest BCUT2D eigenvalue weighted by Gasteiger charge is -2.14. The molecule has 1 fully saturated rings. The minimum absolute atomic E-state index is 0.0118. The van der Waals surface area contributed by atoms with E-state index in [1.165, 1.54) is 4.88 Å². The largest absolute Gasteiger partial charge is 0.351 e. The lowest BCUT2D eigenvalue weighted by atomic mass is 9.95. The van der Waals surface area contributed by atoms with Crippen LogP contribution < -0.4 is 10.6 Å². The monoisotopic (exact) mass is 391 g/mol. The van der Waals surface area contributed by atoms with Crippen LogP contribution in [0.25, 0.3) is 0 Å². The van der Waals surface area contributed by atoms with Crippen molar-refractivity contribution >= 4 is 28.2 Å². The van der Waals surface area contributed by atoms with E-state index in [-0.39, 0.29) is 28.6 Å². The highest BCUT2D eigenvalue weighted by Gasteiger charge is 2.68. The van der Waals surface area contributed by atoms with Crippen LogP contribution in [0.4, 0.5) is 5.00 Å². The summed E-state index contributed by atoms with van der Waals surface area (Å²) in [5, 5.41) is 6.90. The second-order valence-electron chi connectivity index (χ2n) is 9.34. The maximum Gasteiger partial charge on any atom is 0.254 e. The third-order valence-electron chi connectivity index (χ3n) is 6.76. The van der Waals surface area contributed by atoms with Crippen LogP contribution in [-0.4, -0.2) is 43.9 Å². The minimum Gasteiger partial charge on any atom is -0.351 e. The lowest BCUT2D eigenvalue weighted by molar-refractivity contribution is -0.118. The molecular weight excluding hydrogens is 358 g/mol. The molecule has 27 heavy (non-hydrogen) atoms. The number of carbonyl (C=O) groups excluding carboxylic acids is 2. The Balaban J connectivity index is 1.81.